The molecule has 0 aliphatic carbocycles. The highest BCUT2D eigenvalue weighted by molar-refractivity contribution is 9.11. The second-order valence-corrected chi connectivity index (χ2v) is 6.37. The zero-order chi connectivity index (χ0) is 15.3. The number of carboxylic acid groups (broad SMARTS) is 1. The smallest absolute Gasteiger partial charge is 0.326 e. The van der Waals surface area contributed by atoms with Crippen LogP contribution in [0.2, 0.25) is 0 Å². The Kier molecular flexibility index (Phi) is 6.93. The molecule has 0 saturated carbocycles. The SMILES string of the molecule is O=C(Nc1c(Br)cc(Br)cc1Br)N[C@H](CCO)C(=O)O. The fourth-order valence-electron chi connectivity index (χ4n) is 1.36. The van der Waals surface area contributed by atoms with E-state index in [1.807, 2.05) is 0 Å². The molecule has 0 heterocycles. The third-order valence-electron chi connectivity index (χ3n) is 2.27. The Hall–Kier alpha value is -0.640. The zero-order valence-electron chi connectivity index (χ0n) is 9.99. The van der Waals surface area contributed by atoms with E-state index in [1.165, 1.54) is 0 Å². The highest BCUT2D eigenvalue weighted by Gasteiger charge is 2.20. The number of aliphatic hydroxyl groups excluding tert-OH is 1. The standard InChI is InChI=1S/C11H11Br3N2O4/c12-5-3-6(13)9(7(14)4-5)16-11(20)15-8(1-2-17)10(18)19/h3-4,8,17H,1-2H2,(H,18,19)(H2,15,16,20)/t8-/m1/s1. The van der Waals surface area contributed by atoms with Crippen molar-refractivity contribution in [3.8, 4) is 0 Å². The molecule has 1 rings (SSSR count). The van der Waals surface area contributed by atoms with Gasteiger partial charge in [0.25, 0.3) is 0 Å². The summed E-state index contributed by atoms with van der Waals surface area (Å²) in [6.07, 6.45) is -0.0641. The van der Waals surface area contributed by atoms with Gasteiger partial charge in [0.1, 0.15) is 6.04 Å². The molecule has 20 heavy (non-hydrogen) atoms. The van der Waals surface area contributed by atoms with Gasteiger partial charge in [0.05, 0.1) is 5.69 Å². The minimum Gasteiger partial charge on any atom is -0.480 e. The van der Waals surface area contributed by atoms with E-state index in [-0.39, 0.29) is 13.0 Å². The van der Waals surface area contributed by atoms with Gasteiger partial charge >= 0.3 is 12.0 Å². The van der Waals surface area contributed by atoms with Crippen molar-refractivity contribution < 1.29 is 19.8 Å². The first-order valence-electron chi connectivity index (χ1n) is 5.41. The predicted octanol–water partition coefficient (Wildman–Crippen LogP) is 2.93. The minimum atomic E-state index is -1.21. The van der Waals surface area contributed by atoms with Crippen molar-refractivity contribution in [2.24, 2.45) is 0 Å². The summed E-state index contributed by atoms with van der Waals surface area (Å²) in [7, 11) is 0. The maximum atomic E-state index is 11.8. The number of urea groups is 1. The number of halogens is 3. The average Bonchev–Trinajstić information content (AvgIpc) is 2.33. The molecule has 0 aliphatic rings. The second-order valence-electron chi connectivity index (χ2n) is 3.75. The van der Waals surface area contributed by atoms with Crippen LogP contribution in [-0.4, -0.2) is 34.9 Å². The van der Waals surface area contributed by atoms with Crippen molar-refractivity contribution in [3.63, 3.8) is 0 Å². The molecular formula is C11H11Br3N2O4. The lowest BCUT2D eigenvalue weighted by Crippen LogP contribution is -2.43. The number of rotatable bonds is 5. The van der Waals surface area contributed by atoms with Crippen molar-refractivity contribution in [2.75, 3.05) is 11.9 Å². The van der Waals surface area contributed by atoms with Gasteiger partial charge in [-0.25, -0.2) is 9.59 Å². The van der Waals surface area contributed by atoms with Gasteiger partial charge in [0.2, 0.25) is 0 Å². The number of carbonyl (C=O) groups is 2. The first-order chi connectivity index (χ1) is 9.35. The van der Waals surface area contributed by atoms with E-state index >= 15 is 0 Å². The van der Waals surface area contributed by atoms with E-state index in [9.17, 15) is 9.59 Å². The highest BCUT2D eigenvalue weighted by atomic mass is 79.9. The molecule has 1 aromatic carbocycles. The van der Waals surface area contributed by atoms with Crippen LogP contribution in [0.1, 0.15) is 6.42 Å². The summed E-state index contributed by atoms with van der Waals surface area (Å²) in [5, 5.41) is 22.5. The summed E-state index contributed by atoms with van der Waals surface area (Å²) < 4.78 is 2.07. The Morgan fingerprint density at radius 1 is 1.20 bits per heavy atom. The number of nitrogens with one attached hydrogen (secondary N) is 2. The monoisotopic (exact) mass is 472 g/mol. The summed E-state index contributed by atoms with van der Waals surface area (Å²) in [4.78, 5) is 22.6. The molecule has 0 unspecified atom stereocenters. The second kappa shape index (κ2) is 7.96. The molecule has 0 saturated heterocycles. The number of anilines is 1. The van der Waals surface area contributed by atoms with Crippen LogP contribution in [-0.2, 0) is 4.79 Å². The molecule has 0 spiro atoms. The Morgan fingerprint density at radius 3 is 2.20 bits per heavy atom. The molecule has 1 atom stereocenters. The molecule has 9 heteroatoms. The van der Waals surface area contributed by atoms with Crippen LogP contribution < -0.4 is 10.6 Å². The Bertz CT molecular complexity index is 501. The molecular weight excluding hydrogens is 464 g/mol. The number of hydrogen-bond acceptors (Lipinski definition) is 3. The topological polar surface area (TPSA) is 98.7 Å². The van der Waals surface area contributed by atoms with Crippen LogP contribution in [0.4, 0.5) is 10.5 Å². The van der Waals surface area contributed by atoms with E-state index in [1.54, 1.807) is 12.1 Å². The van der Waals surface area contributed by atoms with E-state index in [4.69, 9.17) is 10.2 Å². The van der Waals surface area contributed by atoms with Gasteiger partial charge in [0.15, 0.2) is 0 Å². The van der Waals surface area contributed by atoms with Gasteiger partial charge in [-0.3, -0.25) is 0 Å². The largest absolute Gasteiger partial charge is 0.480 e. The fourth-order valence-corrected chi connectivity index (χ4v) is 3.81. The van der Waals surface area contributed by atoms with E-state index < -0.39 is 18.0 Å². The Morgan fingerprint density at radius 2 is 1.75 bits per heavy atom. The molecule has 0 radical (unpaired) electrons. The number of aliphatic hydroxyl groups is 1. The highest BCUT2D eigenvalue weighted by Crippen LogP contribution is 2.34. The number of benzene rings is 1. The summed E-state index contributed by atoms with van der Waals surface area (Å²) in [6.45, 7) is -0.330. The van der Waals surface area contributed by atoms with Crippen LogP contribution in [0.25, 0.3) is 0 Å². The molecule has 0 aliphatic heterocycles. The van der Waals surface area contributed by atoms with Crippen molar-refractivity contribution in [2.45, 2.75) is 12.5 Å². The summed E-state index contributed by atoms with van der Waals surface area (Å²) >= 11 is 9.89. The summed E-state index contributed by atoms with van der Waals surface area (Å²) in [5.74, 6) is -1.21. The fraction of sp³-hybridized carbons (Fsp3) is 0.273. The van der Waals surface area contributed by atoms with Gasteiger partial charge in [-0.1, -0.05) is 15.9 Å². The van der Waals surface area contributed by atoms with Crippen molar-refractivity contribution in [3.05, 3.63) is 25.6 Å². The number of hydrogen-bond donors (Lipinski definition) is 4. The van der Waals surface area contributed by atoms with Gasteiger partial charge in [-0.05, 0) is 44.0 Å². The van der Waals surface area contributed by atoms with Crippen LogP contribution in [0, 0.1) is 0 Å². The third kappa shape index (κ3) is 5.04. The van der Waals surface area contributed by atoms with Gasteiger partial charge in [-0.15, -0.1) is 0 Å². The molecule has 6 nitrogen and oxygen atoms in total. The lowest BCUT2D eigenvalue weighted by atomic mass is 10.2. The van der Waals surface area contributed by atoms with Gasteiger partial charge in [0, 0.05) is 26.4 Å². The number of amides is 2. The number of aliphatic carboxylic acids is 1. The Balaban J connectivity index is 2.78. The Labute approximate surface area is 140 Å². The van der Waals surface area contributed by atoms with Gasteiger partial charge < -0.3 is 20.8 Å². The molecule has 0 bridgehead atoms. The van der Waals surface area contributed by atoms with E-state index in [0.717, 1.165) is 4.47 Å². The first-order valence-corrected chi connectivity index (χ1v) is 7.78. The van der Waals surface area contributed by atoms with Crippen LogP contribution in [0.3, 0.4) is 0 Å². The maximum Gasteiger partial charge on any atom is 0.326 e. The summed E-state index contributed by atoms with van der Waals surface area (Å²) in [6, 6.07) is 1.66. The zero-order valence-corrected chi connectivity index (χ0v) is 14.7. The third-order valence-corrected chi connectivity index (χ3v) is 3.98. The number of carbonyl (C=O) groups excluding carboxylic acids is 1. The van der Waals surface area contributed by atoms with Crippen molar-refractivity contribution in [1.29, 1.82) is 0 Å². The predicted molar refractivity (Wildman–Crippen MR) is 84.8 cm³/mol. The van der Waals surface area contributed by atoms with Crippen LogP contribution >= 0.6 is 47.8 Å². The van der Waals surface area contributed by atoms with E-state index in [0.29, 0.717) is 14.6 Å². The summed E-state index contributed by atoms with van der Waals surface area (Å²) in [5.41, 5.74) is 0.471. The molecule has 0 fully saturated rings. The first kappa shape index (κ1) is 17.4. The average molecular weight is 475 g/mol. The lowest BCUT2D eigenvalue weighted by molar-refractivity contribution is -0.139. The van der Waals surface area contributed by atoms with Gasteiger partial charge in [-0.2, -0.15) is 0 Å². The van der Waals surface area contributed by atoms with Crippen LogP contribution in [0.5, 0.6) is 0 Å². The maximum absolute atomic E-state index is 11.8. The quantitative estimate of drug-likeness (QED) is 0.527. The molecule has 110 valence electrons. The lowest BCUT2D eigenvalue weighted by Gasteiger charge is -2.15. The van der Waals surface area contributed by atoms with Crippen molar-refractivity contribution >= 4 is 65.5 Å². The minimum absolute atomic E-state index is 0.0641. The van der Waals surface area contributed by atoms with Crippen LogP contribution in [0.15, 0.2) is 25.6 Å². The molecule has 0 aromatic heterocycles. The van der Waals surface area contributed by atoms with Crippen molar-refractivity contribution in [1.82, 2.24) is 5.32 Å². The van der Waals surface area contributed by atoms with E-state index in [2.05, 4.69) is 58.4 Å². The normalized spacial score (nSPS) is 11.8. The molecule has 1 aromatic rings. The molecule has 2 amide bonds. The number of carboxylic acids is 1. The molecule has 4 N–H and O–H groups in total.